The van der Waals surface area contributed by atoms with E-state index in [1.807, 2.05) is 48.5 Å². The largest absolute Gasteiger partial charge is 0.265 e. The van der Waals surface area contributed by atoms with Crippen molar-refractivity contribution in [2.24, 2.45) is 0 Å². The summed E-state index contributed by atoms with van der Waals surface area (Å²) in [6, 6.07) is 15.5. The zero-order valence-electron chi connectivity index (χ0n) is 14.0. The quantitative estimate of drug-likeness (QED) is 0.505. The molecule has 0 unspecified atom stereocenters. The third-order valence-corrected chi connectivity index (χ3v) is 4.55. The maximum atomic E-state index is 4.68. The van der Waals surface area contributed by atoms with Crippen LogP contribution in [0.15, 0.2) is 71.1 Å². The molecule has 3 aromatic heterocycles. The van der Waals surface area contributed by atoms with E-state index in [0.29, 0.717) is 11.0 Å². The molecule has 0 radical (unpaired) electrons. The Morgan fingerprint density at radius 2 is 1.81 bits per heavy atom. The van der Waals surface area contributed by atoms with Crippen molar-refractivity contribution in [1.29, 1.82) is 0 Å². The zero-order chi connectivity index (χ0) is 17.8. The molecule has 1 aromatic carbocycles. The van der Waals surface area contributed by atoms with Gasteiger partial charge in [0.15, 0.2) is 5.82 Å². The Bertz CT molecular complexity index is 1000. The first-order chi connectivity index (χ1) is 12.8. The second-order valence-electron chi connectivity index (χ2n) is 5.42. The number of aryl methyl sites for hydroxylation is 1. The van der Waals surface area contributed by atoms with Crippen molar-refractivity contribution in [2.75, 3.05) is 0 Å². The summed E-state index contributed by atoms with van der Waals surface area (Å²) < 4.78 is 1.70. The molecule has 0 aliphatic heterocycles. The minimum Gasteiger partial charge on any atom is -0.265 e. The fourth-order valence-corrected chi connectivity index (χ4v) is 3.22. The normalized spacial score (nSPS) is 10.8. The van der Waals surface area contributed by atoms with Crippen molar-refractivity contribution >= 4 is 11.8 Å². The van der Waals surface area contributed by atoms with Crippen molar-refractivity contribution in [3.8, 4) is 17.1 Å². The molecule has 0 fully saturated rings. The average molecular weight is 361 g/mol. The summed E-state index contributed by atoms with van der Waals surface area (Å²) in [7, 11) is 0. The van der Waals surface area contributed by atoms with Gasteiger partial charge in [-0.2, -0.15) is 4.68 Å². The lowest BCUT2D eigenvalue weighted by Gasteiger charge is -2.07. The zero-order valence-corrected chi connectivity index (χ0v) is 14.8. The highest BCUT2D eigenvalue weighted by atomic mass is 32.2. The molecule has 26 heavy (non-hydrogen) atoms. The summed E-state index contributed by atoms with van der Waals surface area (Å²) in [6.45, 7) is 2.07. The van der Waals surface area contributed by atoms with Crippen LogP contribution in [0.4, 0.5) is 0 Å². The number of rotatable bonds is 5. The fraction of sp³-hybridized carbons (Fsp3) is 0.111. The van der Waals surface area contributed by atoms with Crippen LogP contribution >= 0.6 is 11.8 Å². The number of nitrogens with zero attached hydrogens (tertiary/aromatic N) is 7. The van der Waals surface area contributed by atoms with Crippen LogP contribution in [0.2, 0.25) is 0 Å². The highest BCUT2D eigenvalue weighted by molar-refractivity contribution is 7.99. The van der Waals surface area contributed by atoms with Crippen LogP contribution < -0.4 is 0 Å². The lowest BCUT2D eigenvalue weighted by atomic mass is 10.2. The van der Waals surface area contributed by atoms with E-state index < -0.39 is 0 Å². The molecular weight excluding hydrogens is 346 g/mol. The average Bonchev–Trinajstić information content (AvgIpc) is 3.17. The second-order valence-corrected chi connectivity index (χ2v) is 6.41. The molecule has 7 nitrogen and oxygen atoms in total. The number of hydrogen-bond donors (Lipinski definition) is 0. The molecule has 0 aliphatic carbocycles. The second kappa shape index (κ2) is 7.40. The van der Waals surface area contributed by atoms with E-state index in [2.05, 4.69) is 37.4 Å². The fourth-order valence-electron chi connectivity index (χ4n) is 2.40. The number of benzene rings is 1. The Labute approximate surface area is 154 Å². The highest BCUT2D eigenvalue weighted by Crippen LogP contribution is 2.27. The predicted octanol–water partition coefficient (Wildman–Crippen LogP) is 3.23. The maximum Gasteiger partial charge on any atom is 0.220 e. The van der Waals surface area contributed by atoms with E-state index in [0.717, 1.165) is 28.4 Å². The van der Waals surface area contributed by atoms with Gasteiger partial charge in [-0.05, 0) is 58.9 Å². The lowest BCUT2D eigenvalue weighted by molar-refractivity contribution is 0.755. The first-order valence-electron chi connectivity index (χ1n) is 8.13. The van der Waals surface area contributed by atoms with Crippen LogP contribution in [0, 0.1) is 0 Å². The Morgan fingerprint density at radius 3 is 2.58 bits per heavy atom. The molecule has 0 N–H and O–H groups in total. The molecule has 0 bridgehead atoms. The van der Waals surface area contributed by atoms with Crippen molar-refractivity contribution in [3.63, 3.8) is 0 Å². The topological polar surface area (TPSA) is 82.3 Å². The van der Waals surface area contributed by atoms with Gasteiger partial charge in [-0.25, -0.2) is 9.97 Å². The van der Waals surface area contributed by atoms with Gasteiger partial charge in [-0.15, -0.1) is 5.10 Å². The predicted molar refractivity (Wildman–Crippen MR) is 97.9 cm³/mol. The molecule has 0 spiro atoms. The Kier molecular flexibility index (Phi) is 4.65. The Hall–Kier alpha value is -3.13. The summed E-state index contributed by atoms with van der Waals surface area (Å²) in [5, 5.41) is 13.5. The highest BCUT2D eigenvalue weighted by Gasteiger charge is 2.13. The van der Waals surface area contributed by atoms with Crippen LogP contribution in [0.25, 0.3) is 17.1 Å². The van der Waals surface area contributed by atoms with Crippen molar-refractivity contribution in [3.05, 3.63) is 66.6 Å². The maximum absolute atomic E-state index is 4.68. The SMILES string of the molecule is CCc1cc(Sc2nnnn2-c2ccccc2)nc(-c2ccncc2)n1. The van der Waals surface area contributed by atoms with Gasteiger partial charge in [0.05, 0.1) is 5.69 Å². The third kappa shape index (κ3) is 3.45. The van der Waals surface area contributed by atoms with Gasteiger partial charge in [-0.1, -0.05) is 25.1 Å². The molecule has 128 valence electrons. The summed E-state index contributed by atoms with van der Waals surface area (Å²) in [4.78, 5) is 13.3. The van der Waals surface area contributed by atoms with E-state index in [-0.39, 0.29) is 0 Å². The minimum atomic E-state index is 0.651. The lowest BCUT2D eigenvalue weighted by Crippen LogP contribution is -2.00. The van der Waals surface area contributed by atoms with Crippen LogP contribution in [0.3, 0.4) is 0 Å². The van der Waals surface area contributed by atoms with Crippen LogP contribution in [0.1, 0.15) is 12.6 Å². The van der Waals surface area contributed by atoms with Crippen LogP contribution in [-0.4, -0.2) is 35.2 Å². The molecule has 3 heterocycles. The Morgan fingerprint density at radius 1 is 1.00 bits per heavy atom. The van der Waals surface area contributed by atoms with Gasteiger partial charge in [0.2, 0.25) is 5.16 Å². The van der Waals surface area contributed by atoms with Gasteiger partial charge in [-0.3, -0.25) is 4.98 Å². The van der Waals surface area contributed by atoms with E-state index in [1.54, 1.807) is 17.1 Å². The molecule has 8 heteroatoms. The molecule has 0 saturated carbocycles. The number of para-hydroxylation sites is 1. The molecule has 4 rings (SSSR count). The smallest absolute Gasteiger partial charge is 0.220 e. The van der Waals surface area contributed by atoms with E-state index >= 15 is 0 Å². The first kappa shape index (κ1) is 16.3. The molecule has 0 atom stereocenters. The van der Waals surface area contributed by atoms with Gasteiger partial charge in [0, 0.05) is 23.7 Å². The third-order valence-electron chi connectivity index (χ3n) is 3.69. The summed E-state index contributed by atoms with van der Waals surface area (Å²) in [5.41, 5.74) is 2.80. The van der Waals surface area contributed by atoms with Gasteiger partial charge < -0.3 is 0 Å². The van der Waals surface area contributed by atoms with E-state index in [9.17, 15) is 0 Å². The van der Waals surface area contributed by atoms with E-state index in [4.69, 9.17) is 0 Å². The standard InChI is InChI=1S/C18H15N7S/c1-2-14-12-16(21-17(20-14)13-8-10-19-11-9-13)26-18-22-23-24-25(18)15-6-4-3-5-7-15/h3-12H,2H2,1H3. The van der Waals surface area contributed by atoms with Gasteiger partial charge in [0.25, 0.3) is 0 Å². The van der Waals surface area contributed by atoms with E-state index in [1.165, 1.54) is 11.8 Å². The van der Waals surface area contributed by atoms with Crippen LogP contribution in [-0.2, 0) is 6.42 Å². The van der Waals surface area contributed by atoms with Crippen molar-refractivity contribution in [1.82, 2.24) is 35.2 Å². The molecule has 0 amide bonds. The first-order valence-corrected chi connectivity index (χ1v) is 8.95. The van der Waals surface area contributed by atoms with Crippen LogP contribution in [0.5, 0.6) is 0 Å². The summed E-state index contributed by atoms with van der Waals surface area (Å²) >= 11 is 1.41. The monoisotopic (exact) mass is 361 g/mol. The van der Waals surface area contributed by atoms with Crippen molar-refractivity contribution in [2.45, 2.75) is 23.5 Å². The Balaban J connectivity index is 1.71. The number of tetrazole rings is 1. The number of hydrogen-bond acceptors (Lipinski definition) is 7. The molecular formula is C18H15N7S. The van der Waals surface area contributed by atoms with Gasteiger partial charge >= 0.3 is 0 Å². The van der Waals surface area contributed by atoms with Gasteiger partial charge in [0.1, 0.15) is 5.03 Å². The molecule has 4 aromatic rings. The number of aromatic nitrogens is 7. The summed E-state index contributed by atoms with van der Waals surface area (Å²) in [5.74, 6) is 0.674. The summed E-state index contributed by atoms with van der Waals surface area (Å²) in [6.07, 6.45) is 4.29. The minimum absolute atomic E-state index is 0.651. The molecule has 0 saturated heterocycles. The molecule has 0 aliphatic rings. The number of pyridine rings is 1. The van der Waals surface area contributed by atoms with Crippen molar-refractivity contribution < 1.29 is 0 Å².